The quantitative estimate of drug-likeness (QED) is 0.773. The Kier molecular flexibility index (Phi) is 2.73. The van der Waals surface area contributed by atoms with Crippen LogP contribution in [0.15, 0.2) is 64.7 Å². The Balaban J connectivity index is 1.62. The molecule has 2 fully saturated rings. The molecular weight excluding hydrogens is 354 g/mol. The molecule has 2 bridgehead atoms. The van der Waals surface area contributed by atoms with E-state index < -0.39 is 5.41 Å². The molecule has 3 unspecified atom stereocenters. The van der Waals surface area contributed by atoms with Crippen molar-refractivity contribution < 1.29 is 4.79 Å². The lowest BCUT2D eigenvalue weighted by Gasteiger charge is -2.42. The molecule has 1 aromatic heterocycles. The van der Waals surface area contributed by atoms with Crippen molar-refractivity contribution in [3.05, 3.63) is 76.1 Å². The molecule has 3 heterocycles. The van der Waals surface area contributed by atoms with E-state index in [0.717, 1.165) is 6.42 Å². The standard InChI is InChI=1S/C22H21N3O3/c1-3-7-13-12-17(26)21(2)18-15-10-11-16(22(13,18)21)25-20(28)23(19(27)24(15)25)14-8-5-4-6-9-14/h3-6,8-11,13,15-16,18H,1,7,12H2,2H3/t13-,15?,16?,18-,21-,22?/m0/s1. The van der Waals surface area contributed by atoms with Crippen molar-refractivity contribution in [1.82, 2.24) is 13.9 Å². The second-order valence-corrected chi connectivity index (χ2v) is 8.71. The van der Waals surface area contributed by atoms with Crippen LogP contribution in [0, 0.1) is 22.7 Å². The van der Waals surface area contributed by atoms with Crippen molar-refractivity contribution in [2.75, 3.05) is 0 Å². The van der Waals surface area contributed by atoms with Crippen LogP contribution in [0.4, 0.5) is 0 Å². The first-order chi connectivity index (χ1) is 13.5. The highest BCUT2D eigenvalue weighted by molar-refractivity contribution is 5.94. The van der Waals surface area contributed by atoms with Crippen molar-refractivity contribution in [2.45, 2.75) is 31.8 Å². The van der Waals surface area contributed by atoms with Crippen LogP contribution in [0.5, 0.6) is 0 Å². The highest BCUT2D eigenvalue weighted by Crippen LogP contribution is 2.87. The molecule has 7 rings (SSSR count). The van der Waals surface area contributed by atoms with E-state index in [1.54, 1.807) is 21.5 Å². The number of allylic oxidation sites excluding steroid dienone is 3. The lowest BCUT2D eigenvalue weighted by molar-refractivity contribution is -0.123. The monoisotopic (exact) mass is 375 g/mol. The van der Waals surface area contributed by atoms with E-state index in [-0.39, 0.29) is 46.5 Å². The summed E-state index contributed by atoms with van der Waals surface area (Å²) in [6, 6.07) is 8.51. The third-order valence-corrected chi connectivity index (χ3v) is 7.98. The van der Waals surface area contributed by atoms with Gasteiger partial charge >= 0.3 is 11.4 Å². The largest absolute Gasteiger partial charge is 0.352 e. The third-order valence-electron chi connectivity index (χ3n) is 7.98. The zero-order valence-electron chi connectivity index (χ0n) is 15.6. The number of hydrogen-bond donors (Lipinski definition) is 0. The molecule has 6 nitrogen and oxygen atoms in total. The molecule has 6 heteroatoms. The molecule has 28 heavy (non-hydrogen) atoms. The summed E-state index contributed by atoms with van der Waals surface area (Å²) in [5.41, 5.74) is -0.829. The SMILES string of the molecule is C=CC[C@H]1CC(=O)[C@@]2(C)[C@@H]3C4C=CC(n5c(=O)n(-c6ccccc6)c(=O)n54)C132. The molecule has 0 radical (unpaired) electrons. The fourth-order valence-corrected chi connectivity index (χ4v) is 7.03. The third kappa shape index (κ3) is 1.39. The number of hydrogen-bond acceptors (Lipinski definition) is 3. The average Bonchev–Trinajstić information content (AvgIpc) is 3.13. The van der Waals surface area contributed by atoms with Crippen molar-refractivity contribution in [1.29, 1.82) is 0 Å². The van der Waals surface area contributed by atoms with Gasteiger partial charge in [-0.3, -0.25) is 4.79 Å². The van der Waals surface area contributed by atoms with Gasteiger partial charge in [0.15, 0.2) is 0 Å². The fourth-order valence-electron chi connectivity index (χ4n) is 7.03. The van der Waals surface area contributed by atoms with E-state index in [4.69, 9.17) is 0 Å². The van der Waals surface area contributed by atoms with E-state index in [0.29, 0.717) is 12.1 Å². The molecule has 2 aliphatic heterocycles. The van der Waals surface area contributed by atoms with E-state index in [2.05, 4.69) is 12.7 Å². The predicted octanol–water partition coefficient (Wildman–Crippen LogP) is 2.25. The van der Waals surface area contributed by atoms with Crippen LogP contribution in [0.2, 0.25) is 0 Å². The number of ketones is 1. The summed E-state index contributed by atoms with van der Waals surface area (Å²) in [7, 11) is 0. The molecule has 142 valence electrons. The predicted molar refractivity (Wildman–Crippen MR) is 103 cm³/mol. The summed E-state index contributed by atoms with van der Waals surface area (Å²) in [5, 5.41) is 0. The van der Waals surface area contributed by atoms with E-state index in [9.17, 15) is 14.4 Å². The number of carbonyl (C=O) groups is 1. The second kappa shape index (κ2) is 4.74. The molecule has 2 saturated carbocycles. The maximum Gasteiger partial charge on any atom is 0.352 e. The van der Waals surface area contributed by atoms with Crippen LogP contribution in [0.25, 0.3) is 5.69 Å². The van der Waals surface area contributed by atoms with E-state index in [1.165, 1.54) is 4.57 Å². The molecule has 0 N–H and O–H groups in total. The van der Waals surface area contributed by atoms with Gasteiger partial charge in [-0.05, 0) is 24.5 Å². The summed E-state index contributed by atoms with van der Waals surface area (Å²) in [6.07, 6.45) is 7.25. The number of rotatable bonds is 3. The highest BCUT2D eigenvalue weighted by atomic mass is 16.2. The minimum absolute atomic E-state index is 0.0740. The summed E-state index contributed by atoms with van der Waals surface area (Å²) in [4.78, 5) is 39.7. The number of aromatic nitrogens is 3. The Bertz CT molecular complexity index is 1200. The first-order valence-electron chi connectivity index (χ1n) is 9.83. The number of nitrogens with zero attached hydrogens (tertiary/aromatic N) is 3. The van der Waals surface area contributed by atoms with Crippen LogP contribution in [0.3, 0.4) is 0 Å². The molecule has 1 spiro atoms. The van der Waals surface area contributed by atoms with Gasteiger partial charge in [0.25, 0.3) is 0 Å². The van der Waals surface area contributed by atoms with Gasteiger partial charge < -0.3 is 0 Å². The van der Waals surface area contributed by atoms with Crippen LogP contribution in [-0.4, -0.2) is 19.7 Å². The maximum atomic E-state index is 13.4. The molecule has 1 aromatic carbocycles. The number of benzene rings is 1. The van der Waals surface area contributed by atoms with Crippen LogP contribution < -0.4 is 11.4 Å². The van der Waals surface area contributed by atoms with Crippen LogP contribution in [-0.2, 0) is 4.79 Å². The second-order valence-electron chi connectivity index (χ2n) is 8.71. The Labute approximate surface area is 161 Å². The average molecular weight is 375 g/mol. The summed E-state index contributed by atoms with van der Waals surface area (Å²) < 4.78 is 4.47. The minimum atomic E-state index is -0.470. The highest BCUT2D eigenvalue weighted by Gasteiger charge is 2.89. The van der Waals surface area contributed by atoms with Gasteiger partial charge in [0.05, 0.1) is 17.8 Å². The van der Waals surface area contributed by atoms with Crippen molar-refractivity contribution in [3.63, 3.8) is 0 Å². The smallest absolute Gasteiger partial charge is 0.299 e. The first kappa shape index (κ1) is 16.1. The Morgan fingerprint density at radius 2 is 1.82 bits per heavy atom. The van der Waals surface area contributed by atoms with Crippen LogP contribution >= 0.6 is 0 Å². The zero-order chi connectivity index (χ0) is 19.4. The molecule has 0 amide bonds. The Morgan fingerprint density at radius 3 is 2.54 bits per heavy atom. The van der Waals surface area contributed by atoms with Crippen molar-refractivity contribution >= 4 is 5.78 Å². The van der Waals surface area contributed by atoms with Crippen molar-refractivity contribution in [3.8, 4) is 5.69 Å². The topological polar surface area (TPSA) is 66.0 Å². The Hall–Kier alpha value is -2.89. The van der Waals surface area contributed by atoms with Crippen molar-refractivity contribution in [2.24, 2.45) is 22.7 Å². The lowest BCUT2D eigenvalue weighted by atomic mass is 9.73. The molecule has 0 saturated heterocycles. The Morgan fingerprint density at radius 1 is 1.11 bits per heavy atom. The van der Waals surface area contributed by atoms with Gasteiger partial charge in [0.1, 0.15) is 5.78 Å². The van der Waals surface area contributed by atoms with Gasteiger partial charge in [0, 0.05) is 23.2 Å². The van der Waals surface area contributed by atoms with Gasteiger partial charge in [-0.2, -0.15) is 0 Å². The number of para-hydroxylation sites is 1. The molecule has 2 aromatic rings. The number of Topliss-reactive ketones (excluding diaryl/α,β-unsaturated/α-hetero) is 1. The summed E-state index contributed by atoms with van der Waals surface area (Å²) >= 11 is 0. The van der Waals surface area contributed by atoms with Gasteiger partial charge in [-0.15, -0.1) is 6.58 Å². The van der Waals surface area contributed by atoms with E-state index in [1.807, 2.05) is 37.3 Å². The number of carbonyl (C=O) groups excluding carboxylic acids is 1. The minimum Gasteiger partial charge on any atom is -0.299 e. The molecule has 6 atom stereocenters. The van der Waals surface area contributed by atoms with Gasteiger partial charge in [0.2, 0.25) is 0 Å². The van der Waals surface area contributed by atoms with Crippen LogP contribution in [0.1, 0.15) is 31.8 Å². The maximum absolute atomic E-state index is 13.4. The zero-order valence-corrected chi connectivity index (χ0v) is 15.6. The lowest BCUT2D eigenvalue weighted by Crippen LogP contribution is -2.46. The van der Waals surface area contributed by atoms with E-state index >= 15 is 0 Å². The first-order valence-corrected chi connectivity index (χ1v) is 9.83. The normalized spacial score (nSPS) is 38.8. The summed E-state index contributed by atoms with van der Waals surface area (Å²) in [5.74, 6) is 0.510. The summed E-state index contributed by atoms with van der Waals surface area (Å²) in [6.45, 7) is 5.93. The van der Waals surface area contributed by atoms with Gasteiger partial charge in [-0.25, -0.2) is 23.5 Å². The van der Waals surface area contributed by atoms with Gasteiger partial charge in [-0.1, -0.05) is 43.4 Å². The molecule has 3 aliphatic carbocycles. The fraction of sp³-hybridized carbons (Fsp3) is 0.409. The molecular formula is C22H21N3O3. The molecule has 5 aliphatic rings.